The summed E-state index contributed by atoms with van der Waals surface area (Å²) in [5.41, 5.74) is 4.14. The van der Waals surface area contributed by atoms with E-state index in [-0.39, 0.29) is 5.54 Å². The van der Waals surface area contributed by atoms with Crippen molar-refractivity contribution < 1.29 is 0 Å². The molecule has 0 spiro atoms. The van der Waals surface area contributed by atoms with Gasteiger partial charge in [0.2, 0.25) is 0 Å². The minimum absolute atomic E-state index is 0.173. The summed E-state index contributed by atoms with van der Waals surface area (Å²) >= 11 is 0. The first kappa shape index (κ1) is 11.7. The van der Waals surface area contributed by atoms with E-state index in [4.69, 9.17) is 5.84 Å². The fourth-order valence-electron chi connectivity index (χ4n) is 1.17. The van der Waals surface area contributed by atoms with Crippen LogP contribution < -0.4 is 11.3 Å². The van der Waals surface area contributed by atoms with Crippen molar-refractivity contribution in [3.05, 3.63) is 29.6 Å². The molecule has 1 aromatic heterocycles. The van der Waals surface area contributed by atoms with Gasteiger partial charge in [-0.05, 0) is 39.8 Å². The van der Waals surface area contributed by atoms with E-state index < -0.39 is 0 Å². The van der Waals surface area contributed by atoms with Gasteiger partial charge in [0.05, 0.1) is 5.54 Å². The van der Waals surface area contributed by atoms with Gasteiger partial charge >= 0.3 is 0 Å². The average molecular weight is 206 g/mol. The number of nitrogens with one attached hydrogen (secondary N) is 1. The maximum atomic E-state index is 5.44. The zero-order valence-corrected chi connectivity index (χ0v) is 9.70. The van der Waals surface area contributed by atoms with Crippen LogP contribution in [0.1, 0.15) is 32.2 Å². The number of nitrogens with zero attached hydrogens (tertiary/aromatic N) is 2. The highest BCUT2D eigenvalue weighted by atomic mass is 15.3. The van der Waals surface area contributed by atoms with Gasteiger partial charge < -0.3 is 5.43 Å². The van der Waals surface area contributed by atoms with Gasteiger partial charge in [0.1, 0.15) is 5.69 Å². The predicted octanol–water partition coefficient (Wildman–Crippen LogP) is 1.40. The van der Waals surface area contributed by atoms with Crippen molar-refractivity contribution in [3.63, 3.8) is 0 Å². The largest absolute Gasteiger partial charge is 0.307 e. The van der Waals surface area contributed by atoms with Gasteiger partial charge in [0.25, 0.3) is 0 Å². The Labute approximate surface area is 90.6 Å². The maximum Gasteiger partial charge on any atom is 0.162 e. The van der Waals surface area contributed by atoms with Crippen molar-refractivity contribution in [2.45, 2.75) is 33.2 Å². The first-order chi connectivity index (χ1) is 6.92. The summed E-state index contributed by atoms with van der Waals surface area (Å²) in [6.07, 6.45) is 0. The fourth-order valence-corrected chi connectivity index (χ4v) is 1.17. The lowest BCUT2D eigenvalue weighted by Gasteiger charge is -2.15. The van der Waals surface area contributed by atoms with Gasteiger partial charge in [-0.2, -0.15) is 0 Å². The molecule has 0 aliphatic heterocycles. The van der Waals surface area contributed by atoms with Crippen LogP contribution in [0.2, 0.25) is 0 Å². The summed E-state index contributed by atoms with van der Waals surface area (Å²) in [6.45, 7) is 7.98. The Kier molecular flexibility index (Phi) is 3.42. The van der Waals surface area contributed by atoms with E-state index in [0.29, 0.717) is 5.84 Å². The average Bonchev–Trinajstić information content (AvgIpc) is 2.13. The van der Waals surface area contributed by atoms with Crippen LogP contribution in [0, 0.1) is 6.92 Å². The van der Waals surface area contributed by atoms with Gasteiger partial charge in [-0.3, -0.25) is 4.99 Å². The molecule has 0 aliphatic carbocycles. The first-order valence-electron chi connectivity index (χ1n) is 4.93. The lowest BCUT2D eigenvalue weighted by Crippen LogP contribution is -2.34. The molecule has 82 valence electrons. The highest BCUT2D eigenvalue weighted by molar-refractivity contribution is 5.96. The van der Waals surface area contributed by atoms with Crippen LogP contribution in [-0.2, 0) is 0 Å². The molecule has 0 aromatic carbocycles. The van der Waals surface area contributed by atoms with Crippen LogP contribution in [-0.4, -0.2) is 16.4 Å². The zero-order valence-electron chi connectivity index (χ0n) is 9.70. The van der Waals surface area contributed by atoms with Crippen LogP contribution in [0.25, 0.3) is 0 Å². The molecule has 0 amide bonds. The van der Waals surface area contributed by atoms with Crippen LogP contribution in [0.3, 0.4) is 0 Å². The molecule has 0 radical (unpaired) electrons. The predicted molar refractivity (Wildman–Crippen MR) is 62.6 cm³/mol. The maximum absolute atomic E-state index is 5.44. The highest BCUT2D eigenvalue weighted by Crippen LogP contribution is 2.08. The second kappa shape index (κ2) is 4.40. The van der Waals surface area contributed by atoms with Crippen LogP contribution >= 0.6 is 0 Å². The third-order valence-corrected chi connectivity index (χ3v) is 1.71. The highest BCUT2D eigenvalue weighted by Gasteiger charge is 2.11. The van der Waals surface area contributed by atoms with Crippen molar-refractivity contribution in [2.24, 2.45) is 10.8 Å². The summed E-state index contributed by atoms with van der Waals surface area (Å²) < 4.78 is 0. The quantitative estimate of drug-likeness (QED) is 0.316. The number of aryl methyl sites for hydroxylation is 1. The third kappa shape index (κ3) is 3.67. The number of aromatic nitrogens is 1. The van der Waals surface area contributed by atoms with Crippen molar-refractivity contribution in [1.82, 2.24) is 10.4 Å². The normalized spacial score (nSPS) is 12.7. The molecule has 0 saturated carbocycles. The molecule has 1 heterocycles. The molecule has 15 heavy (non-hydrogen) atoms. The zero-order chi connectivity index (χ0) is 11.5. The summed E-state index contributed by atoms with van der Waals surface area (Å²) in [6, 6.07) is 5.76. The lowest BCUT2D eigenvalue weighted by molar-refractivity contribution is 0.579. The molecule has 0 aliphatic rings. The van der Waals surface area contributed by atoms with Crippen molar-refractivity contribution in [3.8, 4) is 0 Å². The van der Waals surface area contributed by atoms with Crippen LogP contribution in [0.15, 0.2) is 23.2 Å². The molecule has 4 nitrogen and oxygen atoms in total. The molecule has 1 aromatic rings. The molecule has 0 atom stereocenters. The molecule has 3 N–H and O–H groups in total. The van der Waals surface area contributed by atoms with E-state index in [1.54, 1.807) is 0 Å². The van der Waals surface area contributed by atoms with Crippen LogP contribution in [0.4, 0.5) is 0 Å². The van der Waals surface area contributed by atoms with Gasteiger partial charge in [-0.1, -0.05) is 6.07 Å². The Bertz CT molecular complexity index is 363. The van der Waals surface area contributed by atoms with Crippen molar-refractivity contribution >= 4 is 5.84 Å². The van der Waals surface area contributed by atoms with Gasteiger partial charge in [0, 0.05) is 5.69 Å². The Morgan fingerprint density at radius 1 is 1.40 bits per heavy atom. The number of hydrogen-bond donors (Lipinski definition) is 2. The second-order valence-corrected chi connectivity index (χ2v) is 4.44. The SMILES string of the molecule is Cc1cccc(C(=NC(C)(C)C)NN)n1. The minimum atomic E-state index is -0.173. The molecule has 0 fully saturated rings. The summed E-state index contributed by atoms with van der Waals surface area (Å²) in [4.78, 5) is 8.81. The van der Waals surface area contributed by atoms with Crippen molar-refractivity contribution in [2.75, 3.05) is 0 Å². The molecule has 0 saturated heterocycles. The number of rotatable bonds is 1. The van der Waals surface area contributed by atoms with E-state index in [0.717, 1.165) is 11.4 Å². The van der Waals surface area contributed by atoms with Gasteiger partial charge in [0.15, 0.2) is 5.84 Å². The summed E-state index contributed by atoms with van der Waals surface area (Å²) in [5.74, 6) is 6.06. The number of hydrazine groups is 1. The number of nitrogens with two attached hydrogens (primary N) is 1. The van der Waals surface area contributed by atoms with E-state index >= 15 is 0 Å². The summed E-state index contributed by atoms with van der Waals surface area (Å²) in [5, 5.41) is 0. The molecule has 4 heteroatoms. The van der Waals surface area contributed by atoms with Crippen molar-refractivity contribution in [1.29, 1.82) is 0 Å². The smallest absolute Gasteiger partial charge is 0.162 e. The van der Waals surface area contributed by atoms with E-state index in [2.05, 4.69) is 15.4 Å². The minimum Gasteiger partial charge on any atom is -0.307 e. The Morgan fingerprint density at radius 2 is 2.07 bits per heavy atom. The number of aliphatic imine (C=N–C) groups is 1. The van der Waals surface area contributed by atoms with Gasteiger partial charge in [-0.25, -0.2) is 10.8 Å². The van der Waals surface area contributed by atoms with E-state index in [1.807, 2.05) is 45.9 Å². The number of hydrogen-bond acceptors (Lipinski definition) is 3. The number of pyridine rings is 1. The Balaban J connectivity index is 3.08. The topological polar surface area (TPSA) is 63.3 Å². The first-order valence-corrected chi connectivity index (χ1v) is 4.93. The third-order valence-electron chi connectivity index (χ3n) is 1.71. The second-order valence-electron chi connectivity index (χ2n) is 4.44. The molecule has 1 rings (SSSR count). The van der Waals surface area contributed by atoms with Gasteiger partial charge in [-0.15, -0.1) is 0 Å². The fraction of sp³-hybridized carbons (Fsp3) is 0.455. The van der Waals surface area contributed by atoms with E-state index in [9.17, 15) is 0 Å². The number of amidine groups is 1. The monoisotopic (exact) mass is 206 g/mol. The Hall–Kier alpha value is -1.42. The molecular weight excluding hydrogens is 188 g/mol. The van der Waals surface area contributed by atoms with Crippen LogP contribution in [0.5, 0.6) is 0 Å². The Morgan fingerprint density at radius 3 is 2.53 bits per heavy atom. The summed E-state index contributed by atoms with van der Waals surface area (Å²) in [7, 11) is 0. The molecular formula is C11H18N4. The molecule has 0 bridgehead atoms. The lowest BCUT2D eigenvalue weighted by atomic mass is 10.1. The van der Waals surface area contributed by atoms with E-state index in [1.165, 1.54) is 0 Å². The molecule has 0 unspecified atom stereocenters. The standard InChI is InChI=1S/C11H18N4/c1-8-6-5-7-9(13-8)10(15-12)14-11(2,3)4/h5-7H,12H2,1-4H3,(H,14,15).